The van der Waals surface area contributed by atoms with Gasteiger partial charge in [0.2, 0.25) is 0 Å². The molecule has 1 aromatic carbocycles. The highest BCUT2D eigenvalue weighted by Gasteiger charge is 2.43. The number of allylic oxidation sites excluding steroid dienone is 1. The Labute approximate surface area is 127 Å². The highest BCUT2D eigenvalue weighted by Crippen LogP contribution is 2.41. The van der Waals surface area contributed by atoms with Crippen LogP contribution in [0, 0.1) is 11.8 Å². The van der Waals surface area contributed by atoms with Crippen molar-refractivity contribution in [2.24, 2.45) is 11.8 Å². The van der Waals surface area contributed by atoms with E-state index in [4.69, 9.17) is 0 Å². The van der Waals surface area contributed by atoms with Crippen molar-refractivity contribution in [2.75, 3.05) is 0 Å². The van der Waals surface area contributed by atoms with E-state index in [0.717, 1.165) is 13.0 Å². The number of hydrogen-bond donors (Lipinski definition) is 0. The minimum Gasteiger partial charge on any atom is -0.303 e. The standard InChI is InChI=1S/C19H25NO/c1-2-6-16-9-10-17-11-12-19(18(16)14-21)20(17)13-15-7-4-3-5-8-15/h2-5,7-8,14,16-19H,1,6,9-13H2/t16-,17-,18+,19-/m0/s1. The summed E-state index contributed by atoms with van der Waals surface area (Å²) in [4.78, 5) is 14.3. The Morgan fingerprint density at radius 2 is 1.90 bits per heavy atom. The van der Waals surface area contributed by atoms with Crippen molar-refractivity contribution in [3.63, 3.8) is 0 Å². The Morgan fingerprint density at radius 3 is 2.62 bits per heavy atom. The number of benzene rings is 1. The van der Waals surface area contributed by atoms with Crippen molar-refractivity contribution in [2.45, 2.75) is 50.7 Å². The molecule has 2 heterocycles. The van der Waals surface area contributed by atoms with Crippen LogP contribution in [0.25, 0.3) is 0 Å². The molecule has 2 saturated heterocycles. The summed E-state index contributed by atoms with van der Waals surface area (Å²) in [6.07, 6.45) is 9.02. The predicted molar refractivity (Wildman–Crippen MR) is 85.9 cm³/mol. The largest absolute Gasteiger partial charge is 0.303 e. The number of fused-ring (bicyclic) bond motifs is 2. The summed E-state index contributed by atoms with van der Waals surface area (Å²) in [5.74, 6) is 0.674. The molecular weight excluding hydrogens is 258 g/mol. The van der Waals surface area contributed by atoms with Gasteiger partial charge in [0.05, 0.1) is 0 Å². The SMILES string of the molecule is C=CC[C@H]1CC[C@H]2CC[C@@H]([C@@H]1C=O)N2Cc1ccccc1. The van der Waals surface area contributed by atoms with Crippen molar-refractivity contribution in [3.05, 3.63) is 48.6 Å². The number of aldehydes is 1. The van der Waals surface area contributed by atoms with Gasteiger partial charge in [-0.2, -0.15) is 0 Å². The molecule has 0 amide bonds. The third kappa shape index (κ3) is 2.96. The molecule has 0 spiro atoms. The van der Waals surface area contributed by atoms with E-state index in [1.165, 1.54) is 37.5 Å². The molecule has 0 aromatic heterocycles. The molecule has 2 heteroatoms. The van der Waals surface area contributed by atoms with Gasteiger partial charge in [-0.05, 0) is 43.6 Å². The minimum absolute atomic E-state index is 0.180. The molecule has 4 atom stereocenters. The summed E-state index contributed by atoms with van der Waals surface area (Å²) in [6.45, 7) is 4.86. The summed E-state index contributed by atoms with van der Waals surface area (Å²) in [5.41, 5.74) is 1.36. The van der Waals surface area contributed by atoms with Crippen LogP contribution in [0.1, 0.15) is 37.7 Å². The summed E-state index contributed by atoms with van der Waals surface area (Å²) >= 11 is 0. The predicted octanol–water partition coefficient (Wildman–Crippen LogP) is 3.82. The second kappa shape index (κ2) is 6.57. The van der Waals surface area contributed by atoms with Gasteiger partial charge in [-0.3, -0.25) is 4.90 Å². The van der Waals surface area contributed by atoms with Crippen molar-refractivity contribution in [1.82, 2.24) is 4.90 Å². The lowest BCUT2D eigenvalue weighted by molar-refractivity contribution is -0.114. The lowest BCUT2D eigenvalue weighted by Gasteiger charge is -2.32. The van der Waals surface area contributed by atoms with E-state index < -0.39 is 0 Å². The van der Waals surface area contributed by atoms with Gasteiger partial charge in [0.15, 0.2) is 0 Å². The first-order valence-corrected chi connectivity index (χ1v) is 8.19. The average Bonchev–Trinajstić information content (AvgIpc) is 2.82. The molecule has 3 rings (SSSR count). The number of hydrogen-bond acceptors (Lipinski definition) is 2. The van der Waals surface area contributed by atoms with Crippen molar-refractivity contribution in [1.29, 1.82) is 0 Å². The molecule has 2 fully saturated rings. The molecule has 0 aliphatic carbocycles. The van der Waals surface area contributed by atoms with Crippen LogP contribution in [0.15, 0.2) is 43.0 Å². The summed E-state index contributed by atoms with van der Waals surface area (Å²) < 4.78 is 0. The molecule has 2 nitrogen and oxygen atoms in total. The first-order chi connectivity index (χ1) is 10.3. The van der Waals surface area contributed by atoms with E-state index >= 15 is 0 Å². The van der Waals surface area contributed by atoms with E-state index in [1.54, 1.807) is 0 Å². The second-order valence-corrected chi connectivity index (χ2v) is 6.53. The zero-order valence-electron chi connectivity index (χ0n) is 12.7. The lowest BCUT2D eigenvalue weighted by atomic mass is 9.80. The number of carbonyl (C=O) groups excluding carboxylic acids is 1. The fourth-order valence-corrected chi connectivity index (χ4v) is 4.33. The van der Waals surface area contributed by atoms with Crippen molar-refractivity contribution < 1.29 is 4.79 Å². The molecular formula is C19H25NO. The molecule has 0 radical (unpaired) electrons. The maximum atomic E-state index is 11.7. The number of carbonyl (C=O) groups is 1. The molecule has 112 valence electrons. The van der Waals surface area contributed by atoms with Crippen LogP contribution >= 0.6 is 0 Å². The van der Waals surface area contributed by atoms with Crippen LogP contribution < -0.4 is 0 Å². The topological polar surface area (TPSA) is 20.3 Å². The van der Waals surface area contributed by atoms with Crippen LogP contribution in [0.4, 0.5) is 0 Å². The van der Waals surface area contributed by atoms with Crippen LogP contribution in [0.5, 0.6) is 0 Å². The van der Waals surface area contributed by atoms with Gasteiger partial charge in [0.25, 0.3) is 0 Å². The van der Waals surface area contributed by atoms with E-state index in [-0.39, 0.29) is 5.92 Å². The third-order valence-electron chi connectivity index (χ3n) is 5.38. The van der Waals surface area contributed by atoms with Gasteiger partial charge >= 0.3 is 0 Å². The number of rotatable bonds is 5. The highest BCUT2D eigenvalue weighted by atomic mass is 16.1. The molecule has 21 heavy (non-hydrogen) atoms. The van der Waals surface area contributed by atoms with Crippen molar-refractivity contribution in [3.8, 4) is 0 Å². The van der Waals surface area contributed by atoms with Gasteiger partial charge < -0.3 is 4.79 Å². The average molecular weight is 283 g/mol. The van der Waals surface area contributed by atoms with E-state index in [2.05, 4.69) is 41.8 Å². The second-order valence-electron chi connectivity index (χ2n) is 6.53. The summed E-state index contributed by atoms with van der Waals surface area (Å²) in [6, 6.07) is 11.8. The highest BCUT2D eigenvalue weighted by molar-refractivity contribution is 5.56. The fourth-order valence-electron chi connectivity index (χ4n) is 4.33. The number of nitrogens with zero attached hydrogens (tertiary/aromatic N) is 1. The maximum absolute atomic E-state index is 11.7. The Bertz CT molecular complexity index is 484. The minimum atomic E-state index is 0.180. The maximum Gasteiger partial charge on any atom is 0.124 e. The smallest absolute Gasteiger partial charge is 0.124 e. The fraction of sp³-hybridized carbons (Fsp3) is 0.526. The molecule has 2 bridgehead atoms. The Kier molecular flexibility index (Phi) is 4.54. The Morgan fingerprint density at radius 1 is 1.14 bits per heavy atom. The zero-order valence-corrected chi connectivity index (χ0v) is 12.7. The van der Waals surface area contributed by atoms with E-state index in [1.807, 2.05) is 6.08 Å². The van der Waals surface area contributed by atoms with Crippen LogP contribution in [0.2, 0.25) is 0 Å². The van der Waals surface area contributed by atoms with Crippen LogP contribution in [-0.2, 0) is 11.3 Å². The van der Waals surface area contributed by atoms with Crippen LogP contribution in [-0.4, -0.2) is 23.3 Å². The van der Waals surface area contributed by atoms with Gasteiger partial charge in [0.1, 0.15) is 6.29 Å². The Balaban J connectivity index is 1.81. The van der Waals surface area contributed by atoms with Gasteiger partial charge in [-0.15, -0.1) is 6.58 Å². The zero-order chi connectivity index (χ0) is 14.7. The monoisotopic (exact) mass is 283 g/mol. The first-order valence-electron chi connectivity index (χ1n) is 8.19. The Hall–Kier alpha value is -1.41. The van der Waals surface area contributed by atoms with Crippen molar-refractivity contribution >= 4 is 6.29 Å². The van der Waals surface area contributed by atoms with Crippen LogP contribution in [0.3, 0.4) is 0 Å². The van der Waals surface area contributed by atoms with Gasteiger partial charge in [-0.1, -0.05) is 36.4 Å². The quantitative estimate of drug-likeness (QED) is 0.605. The first kappa shape index (κ1) is 14.5. The van der Waals surface area contributed by atoms with Gasteiger partial charge in [-0.25, -0.2) is 0 Å². The molecule has 1 aromatic rings. The summed E-state index contributed by atoms with van der Waals surface area (Å²) in [7, 11) is 0. The third-order valence-corrected chi connectivity index (χ3v) is 5.38. The molecule has 2 aliphatic heterocycles. The molecule has 0 saturated carbocycles. The van der Waals surface area contributed by atoms with E-state index in [0.29, 0.717) is 18.0 Å². The molecule has 0 N–H and O–H groups in total. The van der Waals surface area contributed by atoms with E-state index in [9.17, 15) is 4.79 Å². The molecule has 0 unspecified atom stereocenters. The lowest BCUT2D eigenvalue weighted by Crippen LogP contribution is -2.40. The molecule has 2 aliphatic rings. The normalized spacial score (nSPS) is 32.6. The summed E-state index contributed by atoms with van der Waals surface area (Å²) in [5, 5.41) is 0. The van der Waals surface area contributed by atoms with Gasteiger partial charge in [0, 0.05) is 24.5 Å².